The molecule has 46 heavy (non-hydrogen) atoms. The van der Waals surface area contributed by atoms with Gasteiger partial charge >= 0.3 is 0 Å². The second-order valence-electron chi connectivity index (χ2n) is 15.8. The van der Waals surface area contributed by atoms with E-state index in [1.54, 1.807) is 5.57 Å². The molecule has 0 aromatic heterocycles. The van der Waals surface area contributed by atoms with Gasteiger partial charge in [0.25, 0.3) is 0 Å². The van der Waals surface area contributed by atoms with E-state index in [2.05, 4.69) is 137 Å². The number of allylic oxidation sites excluding steroid dienone is 8. The summed E-state index contributed by atoms with van der Waals surface area (Å²) in [5, 5.41) is 1.49. The molecule has 0 amide bonds. The minimum absolute atomic E-state index is 0.0344. The van der Waals surface area contributed by atoms with Gasteiger partial charge in [-0.2, -0.15) is 0 Å². The van der Waals surface area contributed by atoms with E-state index < -0.39 is 8.30 Å². The van der Waals surface area contributed by atoms with E-state index in [0.717, 1.165) is 31.4 Å². The Kier molecular flexibility index (Phi) is 7.15. The first-order valence-electron chi connectivity index (χ1n) is 17.6. The molecule has 4 heterocycles. The van der Waals surface area contributed by atoms with Crippen molar-refractivity contribution >= 4 is 25.2 Å². The molecule has 5 heteroatoms. The molecule has 8 rings (SSSR count). The summed E-state index contributed by atoms with van der Waals surface area (Å²) < 4.78 is 10.3. The molecule has 0 spiro atoms. The van der Waals surface area contributed by atoms with Crippen molar-refractivity contribution in [2.75, 3.05) is 16.6 Å². The maximum absolute atomic E-state index is 7.56. The molecule has 0 saturated carbocycles. The van der Waals surface area contributed by atoms with Crippen molar-refractivity contribution in [3.8, 4) is 5.75 Å². The summed E-state index contributed by atoms with van der Waals surface area (Å²) in [6, 6.07) is 14.5. The first-order chi connectivity index (χ1) is 22.1. The number of likely N-dealkylation sites (N-methyl/N-ethyl adjacent to an activating group) is 1. The lowest BCUT2D eigenvalue weighted by atomic mass is 9.79. The van der Waals surface area contributed by atoms with Gasteiger partial charge in [-0.05, 0) is 78.3 Å². The number of hydrogen-bond donors (Lipinski definition) is 0. The zero-order valence-electron chi connectivity index (χ0n) is 29.0. The average Bonchev–Trinajstić information content (AvgIpc) is 3.38. The van der Waals surface area contributed by atoms with Gasteiger partial charge in [-0.15, -0.1) is 0 Å². The molecule has 4 unspecified atom stereocenters. The molecule has 2 aromatic rings. The van der Waals surface area contributed by atoms with E-state index in [1.165, 1.54) is 56.6 Å². The monoisotopic (exact) mass is 631 g/mol. The maximum Gasteiger partial charge on any atom is 0.228 e. The first kappa shape index (κ1) is 30.1. The van der Waals surface area contributed by atoms with Gasteiger partial charge < -0.3 is 14.3 Å². The molecule has 240 valence electrons. The number of fused-ring (bicyclic) bond motifs is 5. The van der Waals surface area contributed by atoms with Crippen molar-refractivity contribution in [1.29, 1.82) is 0 Å². The van der Waals surface area contributed by atoms with E-state index >= 15 is 0 Å². The molecule has 4 nitrogen and oxygen atoms in total. The number of anilines is 2. The molecule has 4 atom stereocenters. The van der Waals surface area contributed by atoms with Gasteiger partial charge in [0.15, 0.2) is 0 Å². The summed E-state index contributed by atoms with van der Waals surface area (Å²) in [4.78, 5) is 5.25. The Morgan fingerprint density at radius 3 is 2.52 bits per heavy atom. The standard InChI is InChI=1S/C41H50N3OP/c1-25(2)27-15-11-16-28(26(3)4)36(27)43-35-23-14-17-29-30-18-12-19-31(34-22-9-10-24-42(34)8)39(30)46-44(37(29)35)40(43)32-20-13-21-33(38(32)45-46)41(5,6)7/h10-11,13-15,17-18,20-21,23-26,28,34,40H,9,12,16,19,22H2,1-8H3. The molecule has 0 radical (unpaired) electrons. The Balaban J connectivity index is 1.45. The van der Waals surface area contributed by atoms with Crippen molar-refractivity contribution in [2.45, 2.75) is 98.2 Å². The van der Waals surface area contributed by atoms with E-state index in [1.807, 2.05) is 0 Å². The van der Waals surface area contributed by atoms with Crippen LogP contribution in [0.4, 0.5) is 11.4 Å². The maximum atomic E-state index is 7.56. The second-order valence-corrected chi connectivity index (χ2v) is 17.4. The van der Waals surface area contributed by atoms with Crippen molar-refractivity contribution in [2.24, 2.45) is 17.8 Å². The number of benzene rings is 2. The van der Waals surface area contributed by atoms with E-state index in [-0.39, 0.29) is 11.6 Å². The van der Waals surface area contributed by atoms with E-state index in [4.69, 9.17) is 4.52 Å². The number of hydrogen-bond acceptors (Lipinski definition) is 4. The van der Waals surface area contributed by atoms with E-state index in [9.17, 15) is 0 Å². The van der Waals surface area contributed by atoms with Gasteiger partial charge in [-0.25, -0.2) is 0 Å². The molecule has 0 saturated heterocycles. The third kappa shape index (κ3) is 4.35. The van der Waals surface area contributed by atoms with Crippen LogP contribution < -0.4 is 14.1 Å². The fraction of sp³-hybridized carbons (Fsp3) is 0.463. The first-order valence-corrected chi connectivity index (χ1v) is 18.8. The summed E-state index contributed by atoms with van der Waals surface area (Å²) in [6.45, 7) is 16.6. The van der Waals surface area contributed by atoms with Crippen LogP contribution in [0.3, 0.4) is 0 Å². The molecule has 0 N–H and O–H groups in total. The lowest BCUT2D eigenvalue weighted by molar-refractivity contribution is 0.328. The summed E-state index contributed by atoms with van der Waals surface area (Å²) in [5.74, 6) is 2.56. The highest BCUT2D eigenvalue weighted by molar-refractivity contribution is 7.60. The smallest absolute Gasteiger partial charge is 0.228 e. The van der Waals surface area contributed by atoms with Crippen LogP contribution in [-0.4, -0.2) is 18.0 Å². The summed E-state index contributed by atoms with van der Waals surface area (Å²) >= 11 is 0. The Labute approximate surface area is 278 Å². The van der Waals surface area contributed by atoms with Crippen molar-refractivity contribution < 1.29 is 4.52 Å². The Morgan fingerprint density at radius 1 is 0.978 bits per heavy atom. The summed E-state index contributed by atoms with van der Waals surface area (Å²) in [5.41, 5.74) is 12.8. The average molecular weight is 632 g/mol. The van der Waals surface area contributed by atoms with Crippen LogP contribution in [0.25, 0.3) is 5.57 Å². The largest absolute Gasteiger partial charge is 0.448 e. The summed E-state index contributed by atoms with van der Waals surface area (Å²) in [6.07, 6.45) is 17.7. The molecule has 6 aliphatic rings. The van der Waals surface area contributed by atoms with Crippen LogP contribution in [0.1, 0.15) is 103 Å². The van der Waals surface area contributed by atoms with Crippen LogP contribution >= 0.6 is 8.30 Å². The quantitative estimate of drug-likeness (QED) is 0.313. The Hall–Kier alpha value is -3.23. The SMILES string of the molecule is CC(C)C1=C(N2c3cccc4c3N3C2c2cccc(C(C)(C)C)c2OP3C2=C(C3CCC=CN3C)CCC=C24)C(C(C)C)CC=C1. The van der Waals surface area contributed by atoms with Gasteiger partial charge in [0.05, 0.1) is 17.4 Å². The highest BCUT2D eigenvalue weighted by atomic mass is 31.2. The van der Waals surface area contributed by atoms with Gasteiger partial charge in [0, 0.05) is 40.7 Å². The van der Waals surface area contributed by atoms with Gasteiger partial charge in [-0.1, -0.05) is 103 Å². The van der Waals surface area contributed by atoms with Gasteiger partial charge in [-0.3, -0.25) is 4.67 Å². The second kappa shape index (κ2) is 10.9. The van der Waals surface area contributed by atoms with Crippen LogP contribution in [0.2, 0.25) is 0 Å². The lowest BCUT2D eigenvalue weighted by Gasteiger charge is -2.49. The highest BCUT2D eigenvalue weighted by Crippen LogP contribution is 2.75. The molecule has 0 fully saturated rings. The minimum atomic E-state index is -1.11. The molecule has 4 aliphatic heterocycles. The number of rotatable bonds is 4. The fourth-order valence-electron chi connectivity index (χ4n) is 8.92. The summed E-state index contributed by atoms with van der Waals surface area (Å²) in [7, 11) is 1.16. The molecule has 2 aromatic carbocycles. The predicted octanol–water partition coefficient (Wildman–Crippen LogP) is 11.2. The van der Waals surface area contributed by atoms with Crippen LogP contribution in [0, 0.1) is 17.8 Å². The van der Waals surface area contributed by atoms with Gasteiger partial charge in [0.2, 0.25) is 8.30 Å². The molecule has 2 aliphatic carbocycles. The van der Waals surface area contributed by atoms with Crippen molar-refractivity contribution in [3.63, 3.8) is 0 Å². The predicted molar refractivity (Wildman–Crippen MR) is 195 cm³/mol. The number of para-hydroxylation sites is 2. The van der Waals surface area contributed by atoms with E-state index in [0.29, 0.717) is 23.8 Å². The zero-order chi connectivity index (χ0) is 32.1. The molecular formula is C41H50N3OP. The fourth-order valence-corrected chi connectivity index (χ4v) is 11.4. The number of nitrogens with zero attached hydrogens (tertiary/aromatic N) is 3. The zero-order valence-corrected chi connectivity index (χ0v) is 29.9. The normalized spacial score (nSPS) is 26.5. The minimum Gasteiger partial charge on any atom is -0.448 e. The lowest BCUT2D eigenvalue weighted by Crippen LogP contribution is -2.42. The third-order valence-electron chi connectivity index (χ3n) is 11.1. The van der Waals surface area contributed by atoms with Crippen LogP contribution in [0.5, 0.6) is 5.75 Å². The molecular weight excluding hydrogens is 581 g/mol. The highest BCUT2D eigenvalue weighted by Gasteiger charge is 2.56. The Morgan fingerprint density at radius 2 is 1.78 bits per heavy atom. The van der Waals surface area contributed by atoms with Crippen molar-refractivity contribution in [1.82, 2.24) is 4.90 Å². The molecule has 0 bridgehead atoms. The topological polar surface area (TPSA) is 19.0 Å². The van der Waals surface area contributed by atoms with Crippen LogP contribution in [-0.2, 0) is 5.41 Å². The van der Waals surface area contributed by atoms with Crippen LogP contribution in [0.15, 0.2) is 89.1 Å². The third-order valence-corrected chi connectivity index (χ3v) is 13.2. The van der Waals surface area contributed by atoms with Gasteiger partial charge in [0.1, 0.15) is 11.9 Å². The Bertz CT molecular complexity index is 1750. The van der Waals surface area contributed by atoms with Crippen molar-refractivity contribution in [3.05, 3.63) is 106 Å².